The Bertz CT molecular complexity index is 900. The highest BCUT2D eigenvalue weighted by molar-refractivity contribution is 5.30. The molecular weight excluding hydrogens is 385 g/mol. The van der Waals surface area contributed by atoms with Crippen LogP contribution >= 0.6 is 0 Å². The van der Waals surface area contributed by atoms with E-state index in [0.29, 0.717) is 18.6 Å². The van der Waals surface area contributed by atoms with Crippen molar-refractivity contribution in [3.05, 3.63) is 101 Å². The molecule has 1 N–H and O–H groups in total. The Hall–Kier alpha value is -2.65. The number of hydrogen-bond donors (Lipinski definition) is 1. The van der Waals surface area contributed by atoms with Gasteiger partial charge in [0.15, 0.2) is 0 Å². The van der Waals surface area contributed by atoms with Gasteiger partial charge < -0.3 is 10.1 Å². The van der Waals surface area contributed by atoms with Crippen LogP contribution in [0.3, 0.4) is 0 Å². The Morgan fingerprint density at radius 3 is 2.19 bits per heavy atom. The van der Waals surface area contributed by atoms with Gasteiger partial charge in [-0.2, -0.15) is 0 Å². The lowest BCUT2D eigenvalue weighted by molar-refractivity contribution is 0.305. The van der Waals surface area contributed by atoms with Crippen molar-refractivity contribution in [2.75, 3.05) is 6.54 Å². The first-order valence-electron chi connectivity index (χ1n) is 11.5. The van der Waals surface area contributed by atoms with Gasteiger partial charge in [0.2, 0.25) is 0 Å². The van der Waals surface area contributed by atoms with E-state index in [1.54, 1.807) is 12.1 Å². The van der Waals surface area contributed by atoms with Crippen LogP contribution in [0.5, 0.6) is 5.75 Å². The van der Waals surface area contributed by atoms with Gasteiger partial charge in [0, 0.05) is 6.04 Å². The SMILES string of the molecule is Fc1ccc(CCCNC2CCC(c3ccc(OCc4ccccc4)cc3)CC2)cc1. The van der Waals surface area contributed by atoms with Crippen molar-refractivity contribution < 1.29 is 9.13 Å². The molecule has 0 atom stereocenters. The Morgan fingerprint density at radius 2 is 1.48 bits per heavy atom. The second kappa shape index (κ2) is 11.1. The standard InChI is InChI=1S/C28H32FNO/c29-26-14-8-22(9-15-26)7-4-20-30-27-16-10-24(11-17-27)25-12-18-28(19-13-25)31-21-23-5-2-1-3-6-23/h1-3,5-6,8-9,12-15,18-19,24,27,30H,4,7,10-11,16-17,20-21H2. The average molecular weight is 418 g/mol. The number of ether oxygens (including phenoxy) is 1. The third kappa shape index (κ3) is 6.67. The number of hydrogen-bond acceptors (Lipinski definition) is 2. The van der Waals surface area contributed by atoms with Crippen LogP contribution < -0.4 is 10.1 Å². The summed E-state index contributed by atoms with van der Waals surface area (Å²) in [5, 5.41) is 3.72. The lowest BCUT2D eigenvalue weighted by Crippen LogP contribution is -2.33. The third-order valence-electron chi connectivity index (χ3n) is 6.32. The molecule has 0 unspecified atom stereocenters. The molecule has 1 saturated carbocycles. The molecule has 0 amide bonds. The van der Waals surface area contributed by atoms with E-state index in [-0.39, 0.29) is 5.82 Å². The van der Waals surface area contributed by atoms with Gasteiger partial charge >= 0.3 is 0 Å². The Kier molecular flexibility index (Phi) is 7.73. The Labute approximate surface area is 185 Å². The molecule has 3 aromatic carbocycles. The first-order chi connectivity index (χ1) is 15.3. The van der Waals surface area contributed by atoms with E-state index < -0.39 is 0 Å². The molecule has 0 radical (unpaired) electrons. The van der Waals surface area contributed by atoms with Gasteiger partial charge in [0.05, 0.1) is 0 Å². The third-order valence-corrected chi connectivity index (χ3v) is 6.32. The Balaban J connectivity index is 1.15. The zero-order valence-corrected chi connectivity index (χ0v) is 18.1. The number of aryl methyl sites for hydroxylation is 1. The molecular formula is C28H32FNO. The molecule has 4 rings (SSSR count). The minimum absolute atomic E-state index is 0.159. The van der Waals surface area contributed by atoms with Crippen LogP contribution in [0.15, 0.2) is 78.9 Å². The van der Waals surface area contributed by atoms with Gasteiger partial charge in [0.1, 0.15) is 18.2 Å². The fourth-order valence-corrected chi connectivity index (χ4v) is 4.46. The fourth-order valence-electron chi connectivity index (χ4n) is 4.46. The molecule has 0 bridgehead atoms. The van der Waals surface area contributed by atoms with E-state index in [2.05, 4.69) is 41.7 Å². The summed E-state index contributed by atoms with van der Waals surface area (Å²) in [5.74, 6) is 1.43. The highest BCUT2D eigenvalue weighted by Crippen LogP contribution is 2.33. The van der Waals surface area contributed by atoms with E-state index in [9.17, 15) is 4.39 Å². The predicted molar refractivity (Wildman–Crippen MR) is 125 cm³/mol. The van der Waals surface area contributed by atoms with Gasteiger partial charge in [-0.15, -0.1) is 0 Å². The van der Waals surface area contributed by atoms with Crippen molar-refractivity contribution in [3.63, 3.8) is 0 Å². The lowest BCUT2D eigenvalue weighted by atomic mass is 9.81. The number of benzene rings is 3. The maximum atomic E-state index is 13.0. The summed E-state index contributed by atoms with van der Waals surface area (Å²) in [6.07, 6.45) is 7.03. The molecule has 0 aliphatic heterocycles. The summed E-state index contributed by atoms with van der Waals surface area (Å²) in [6.45, 7) is 1.64. The summed E-state index contributed by atoms with van der Waals surface area (Å²) in [7, 11) is 0. The molecule has 1 aliphatic rings. The maximum absolute atomic E-state index is 13.0. The molecule has 0 saturated heterocycles. The zero-order chi connectivity index (χ0) is 21.3. The van der Waals surface area contributed by atoms with Crippen molar-refractivity contribution in [3.8, 4) is 5.75 Å². The predicted octanol–water partition coefficient (Wildman–Crippen LogP) is 6.65. The van der Waals surface area contributed by atoms with E-state index in [0.717, 1.165) is 25.1 Å². The summed E-state index contributed by atoms with van der Waals surface area (Å²) < 4.78 is 18.9. The van der Waals surface area contributed by atoms with Crippen LogP contribution in [0, 0.1) is 5.82 Å². The van der Waals surface area contributed by atoms with Crippen molar-refractivity contribution in [1.29, 1.82) is 0 Å². The first kappa shape index (κ1) is 21.6. The van der Waals surface area contributed by atoms with Gasteiger partial charge in [-0.1, -0.05) is 54.6 Å². The fraction of sp³-hybridized carbons (Fsp3) is 0.357. The van der Waals surface area contributed by atoms with Crippen molar-refractivity contribution >= 4 is 0 Å². The van der Waals surface area contributed by atoms with Crippen molar-refractivity contribution in [2.24, 2.45) is 0 Å². The molecule has 0 heterocycles. The van der Waals surface area contributed by atoms with Crippen LogP contribution in [0.4, 0.5) is 4.39 Å². The van der Waals surface area contributed by atoms with E-state index in [4.69, 9.17) is 4.74 Å². The monoisotopic (exact) mass is 417 g/mol. The summed E-state index contributed by atoms with van der Waals surface area (Å²) in [4.78, 5) is 0. The molecule has 1 aliphatic carbocycles. The zero-order valence-electron chi connectivity index (χ0n) is 18.1. The second-order valence-electron chi connectivity index (χ2n) is 8.58. The summed E-state index contributed by atoms with van der Waals surface area (Å²) in [6, 6.07) is 26.5. The normalized spacial score (nSPS) is 18.6. The molecule has 3 heteroatoms. The lowest BCUT2D eigenvalue weighted by Gasteiger charge is -2.29. The highest BCUT2D eigenvalue weighted by Gasteiger charge is 2.21. The second-order valence-corrected chi connectivity index (χ2v) is 8.58. The summed E-state index contributed by atoms with van der Waals surface area (Å²) >= 11 is 0. The number of nitrogens with one attached hydrogen (secondary N) is 1. The molecule has 0 spiro atoms. The van der Waals surface area contributed by atoms with Crippen molar-refractivity contribution in [2.45, 2.75) is 57.1 Å². The maximum Gasteiger partial charge on any atom is 0.123 e. The topological polar surface area (TPSA) is 21.3 Å². The van der Waals surface area contributed by atoms with Crippen LogP contribution in [0.1, 0.15) is 54.7 Å². The number of rotatable bonds is 9. The highest BCUT2D eigenvalue weighted by atomic mass is 19.1. The van der Waals surface area contributed by atoms with Gasteiger partial charge in [-0.25, -0.2) is 4.39 Å². The van der Waals surface area contributed by atoms with Crippen molar-refractivity contribution in [1.82, 2.24) is 5.32 Å². The minimum Gasteiger partial charge on any atom is -0.489 e. The summed E-state index contributed by atoms with van der Waals surface area (Å²) in [5.41, 5.74) is 3.83. The van der Waals surface area contributed by atoms with E-state index in [1.165, 1.54) is 42.4 Å². The van der Waals surface area contributed by atoms with Gasteiger partial charge in [-0.3, -0.25) is 0 Å². The Morgan fingerprint density at radius 1 is 0.774 bits per heavy atom. The largest absolute Gasteiger partial charge is 0.489 e. The molecule has 162 valence electrons. The first-order valence-corrected chi connectivity index (χ1v) is 11.5. The van der Waals surface area contributed by atoms with Gasteiger partial charge in [-0.05, 0) is 91.9 Å². The molecule has 0 aromatic heterocycles. The van der Waals surface area contributed by atoms with Crippen LogP contribution in [-0.2, 0) is 13.0 Å². The molecule has 3 aromatic rings. The molecule has 1 fully saturated rings. The van der Waals surface area contributed by atoms with E-state index in [1.807, 2.05) is 30.3 Å². The van der Waals surface area contributed by atoms with Crippen LogP contribution in [-0.4, -0.2) is 12.6 Å². The van der Waals surface area contributed by atoms with Crippen LogP contribution in [0.25, 0.3) is 0 Å². The molecule has 31 heavy (non-hydrogen) atoms. The number of halogens is 1. The van der Waals surface area contributed by atoms with Gasteiger partial charge in [0.25, 0.3) is 0 Å². The van der Waals surface area contributed by atoms with Crippen LogP contribution in [0.2, 0.25) is 0 Å². The molecule has 2 nitrogen and oxygen atoms in total. The quantitative estimate of drug-likeness (QED) is 0.393. The minimum atomic E-state index is -0.159. The average Bonchev–Trinajstić information content (AvgIpc) is 2.83. The smallest absolute Gasteiger partial charge is 0.123 e. The van der Waals surface area contributed by atoms with E-state index >= 15 is 0 Å².